The maximum Gasteiger partial charge on any atom is 0.232 e. The van der Waals surface area contributed by atoms with Gasteiger partial charge >= 0.3 is 0 Å². The average Bonchev–Trinajstić information content (AvgIpc) is 3.18. The third-order valence-corrected chi connectivity index (χ3v) is 4.80. The number of carbonyl (C=O) groups excluding carboxylic acids is 1. The van der Waals surface area contributed by atoms with Gasteiger partial charge in [-0.05, 0) is 42.7 Å². The number of benzene rings is 2. The number of hydrogen-bond acceptors (Lipinski definition) is 4. The average molecular weight is 397 g/mol. The van der Waals surface area contributed by atoms with E-state index in [0.29, 0.717) is 23.9 Å². The topological polar surface area (TPSA) is 72.7 Å². The summed E-state index contributed by atoms with van der Waals surface area (Å²) in [6, 6.07) is 23.5. The minimum Gasteiger partial charge on any atom is -0.325 e. The highest BCUT2D eigenvalue weighted by atomic mass is 16.1. The van der Waals surface area contributed by atoms with Crippen molar-refractivity contribution < 1.29 is 4.79 Å². The number of pyridine rings is 1. The Bertz CT molecular complexity index is 1120. The Morgan fingerprint density at radius 3 is 2.47 bits per heavy atom. The summed E-state index contributed by atoms with van der Waals surface area (Å²) in [6.07, 6.45) is 3.35. The van der Waals surface area contributed by atoms with Crippen molar-refractivity contribution in [2.75, 3.05) is 5.32 Å². The summed E-state index contributed by atoms with van der Waals surface area (Å²) in [6.45, 7) is 1.97. The van der Waals surface area contributed by atoms with Gasteiger partial charge in [-0.15, -0.1) is 5.10 Å². The summed E-state index contributed by atoms with van der Waals surface area (Å²) in [5.74, 6) is 1.78. The van der Waals surface area contributed by atoms with Crippen LogP contribution < -0.4 is 5.32 Å². The van der Waals surface area contributed by atoms with Crippen LogP contribution in [-0.4, -0.2) is 25.7 Å². The van der Waals surface area contributed by atoms with Crippen LogP contribution in [0.5, 0.6) is 0 Å². The molecule has 4 rings (SSSR count). The number of anilines is 1. The van der Waals surface area contributed by atoms with E-state index in [-0.39, 0.29) is 12.3 Å². The first kappa shape index (κ1) is 19.5. The molecular formula is C24H23N5O. The highest BCUT2D eigenvalue weighted by molar-refractivity contribution is 5.92. The van der Waals surface area contributed by atoms with E-state index in [0.717, 1.165) is 17.7 Å². The number of amides is 1. The lowest BCUT2D eigenvalue weighted by Gasteiger charge is -2.08. The molecule has 0 saturated carbocycles. The Hall–Kier alpha value is -3.80. The first-order valence-electron chi connectivity index (χ1n) is 9.94. The lowest BCUT2D eigenvalue weighted by atomic mass is 10.1. The van der Waals surface area contributed by atoms with Gasteiger partial charge in [0.15, 0.2) is 11.6 Å². The number of rotatable bonds is 7. The van der Waals surface area contributed by atoms with Gasteiger partial charge in [-0.3, -0.25) is 4.79 Å². The Labute approximate surface area is 175 Å². The summed E-state index contributed by atoms with van der Waals surface area (Å²) in [5, 5.41) is 7.60. The Balaban J connectivity index is 1.55. The van der Waals surface area contributed by atoms with Crippen molar-refractivity contribution in [1.29, 1.82) is 0 Å². The number of para-hydroxylation sites is 1. The van der Waals surface area contributed by atoms with E-state index in [2.05, 4.69) is 32.5 Å². The third kappa shape index (κ3) is 4.78. The van der Waals surface area contributed by atoms with Crippen molar-refractivity contribution in [3.8, 4) is 5.82 Å². The van der Waals surface area contributed by atoms with Gasteiger partial charge in [-0.1, -0.05) is 54.6 Å². The minimum absolute atomic E-state index is 0.114. The molecule has 0 bridgehead atoms. The molecule has 1 amide bonds. The van der Waals surface area contributed by atoms with E-state index in [1.54, 1.807) is 10.9 Å². The molecule has 6 heteroatoms. The monoisotopic (exact) mass is 397 g/mol. The zero-order valence-corrected chi connectivity index (χ0v) is 16.8. The van der Waals surface area contributed by atoms with Gasteiger partial charge in [0.1, 0.15) is 5.82 Å². The van der Waals surface area contributed by atoms with E-state index in [1.807, 2.05) is 67.6 Å². The predicted molar refractivity (Wildman–Crippen MR) is 117 cm³/mol. The Morgan fingerprint density at radius 1 is 0.933 bits per heavy atom. The molecule has 0 aliphatic heterocycles. The maximum atomic E-state index is 12.7. The van der Waals surface area contributed by atoms with Gasteiger partial charge in [-0.2, -0.15) is 4.68 Å². The van der Waals surface area contributed by atoms with Crippen LogP contribution in [0.15, 0.2) is 79.0 Å². The molecule has 0 fully saturated rings. The van der Waals surface area contributed by atoms with Gasteiger partial charge < -0.3 is 5.32 Å². The van der Waals surface area contributed by atoms with Crippen LogP contribution in [0.4, 0.5) is 5.69 Å². The van der Waals surface area contributed by atoms with Crippen LogP contribution in [-0.2, 0) is 24.1 Å². The Kier molecular flexibility index (Phi) is 5.94. The van der Waals surface area contributed by atoms with Gasteiger partial charge in [0.25, 0.3) is 0 Å². The standard InChI is InChI=1S/C24H23N5O/c1-18-9-5-6-12-20(18)26-24(30)17-23-27-21(15-14-19-10-3-2-4-11-19)28-29(23)22-13-7-8-16-25-22/h2-13,16H,14-15,17H2,1H3,(H,26,30). The van der Waals surface area contributed by atoms with Crippen LogP contribution >= 0.6 is 0 Å². The van der Waals surface area contributed by atoms with Crippen LogP contribution in [0, 0.1) is 6.92 Å². The molecule has 0 saturated heterocycles. The molecule has 30 heavy (non-hydrogen) atoms. The summed E-state index contributed by atoms with van der Waals surface area (Å²) < 4.78 is 1.66. The fraction of sp³-hybridized carbons (Fsp3) is 0.167. The predicted octanol–water partition coefficient (Wildman–Crippen LogP) is 3.94. The number of hydrogen-bond donors (Lipinski definition) is 1. The van der Waals surface area contributed by atoms with Crippen molar-refractivity contribution in [2.45, 2.75) is 26.2 Å². The smallest absolute Gasteiger partial charge is 0.232 e. The molecule has 4 aromatic rings. The van der Waals surface area contributed by atoms with E-state index in [9.17, 15) is 4.79 Å². The van der Waals surface area contributed by atoms with Gasteiger partial charge in [0, 0.05) is 18.3 Å². The van der Waals surface area contributed by atoms with Crippen molar-refractivity contribution in [2.24, 2.45) is 0 Å². The molecule has 0 radical (unpaired) electrons. The molecule has 0 atom stereocenters. The summed E-state index contributed by atoms with van der Waals surface area (Å²) in [5.41, 5.74) is 3.04. The second-order valence-corrected chi connectivity index (χ2v) is 7.07. The zero-order valence-electron chi connectivity index (χ0n) is 16.8. The van der Waals surface area contributed by atoms with Crippen LogP contribution in [0.2, 0.25) is 0 Å². The zero-order chi connectivity index (χ0) is 20.8. The largest absolute Gasteiger partial charge is 0.325 e. The summed E-state index contributed by atoms with van der Waals surface area (Å²) >= 11 is 0. The van der Waals surface area contributed by atoms with E-state index in [4.69, 9.17) is 0 Å². The van der Waals surface area contributed by atoms with Crippen LogP contribution in [0.25, 0.3) is 5.82 Å². The highest BCUT2D eigenvalue weighted by Gasteiger charge is 2.16. The maximum absolute atomic E-state index is 12.7. The molecule has 2 aromatic carbocycles. The van der Waals surface area contributed by atoms with Crippen molar-refractivity contribution in [3.05, 3.63) is 102 Å². The number of carbonyl (C=O) groups is 1. The fourth-order valence-electron chi connectivity index (χ4n) is 3.23. The fourth-order valence-corrected chi connectivity index (χ4v) is 3.23. The van der Waals surface area contributed by atoms with Gasteiger partial charge in [0.2, 0.25) is 5.91 Å². The molecule has 150 valence electrons. The quantitative estimate of drug-likeness (QED) is 0.513. The molecule has 0 aliphatic rings. The number of nitrogens with one attached hydrogen (secondary N) is 1. The lowest BCUT2D eigenvalue weighted by Crippen LogP contribution is -2.18. The first-order chi connectivity index (χ1) is 14.7. The van der Waals surface area contributed by atoms with Crippen LogP contribution in [0.1, 0.15) is 22.8 Å². The number of aromatic nitrogens is 4. The highest BCUT2D eigenvalue weighted by Crippen LogP contribution is 2.15. The first-order valence-corrected chi connectivity index (χ1v) is 9.94. The molecule has 2 aromatic heterocycles. The lowest BCUT2D eigenvalue weighted by molar-refractivity contribution is -0.115. The number of nitrogens with zero attached hydrogens (tertiary/aromatic N) is 4. The van der Waals surface area contributed by atoms with Crippen molar-refractivity contribution in [3.63, 3.8) is 0 Å². The van der Waals surface area contributed by atoms with Crippen molar-refractivity contribution >= 4 is 11.6 Å². The van der Waals surface area contributed by atoms with Gasteiger partial charge in [0.05, 0.1) is 6.42 Å². The third-order valence-electron chi connectivity index (χ3n) is 4.80. The molecule has 1 N–H and O–H groups in total. The SMILES string of the molecule is Cc1ccccc1NC(=O)Cc1nc(CCc2ccccc2)nn1-c1ccccn1. The summed E-state index contributed by atoms with van der Waals surface area (Å²) in [7, 11) is 0. The molecule has 0 aliphatic carbocycles. The molecular weight excluding hydrogens is 374 g/mol. The summed E-state index contributed by atoms with van der Waals surface area (Å²) in [4.78, 5) is 21.7. The number of aryl methyl sites for hydroxylation is 3. The van der Waals surface area contributed by atoms with E-state index >= 15 is 0 Å². The second kappa shape index (κ2) is 9.13. The normalized spacial score (nSPS) is 10.7. The second-order valence-electron chi connectivity index (χ2n) is 7.07. The molecule has 0 spiro atoms. The van der Waals surface area contributed by atoms with Crippen LogP contribution in [0.3, 0.4) is 0 Å². The minimum atomic E-state index is -0.136. The molecule has 2 heterocycles. The van der Waals surface area contributed by atoms with E-state index < -0.39 is 0 Å². The van der Waals surface area contributed by atoms with Crippen molar-refractivity contribution in [1.82, 2.24) is 19.7 Å². The molecule has 0 unspecified atom stereocenters. The Morgan fingerprint density at radius 2 is 1.70 bits per heavy atom. The van der Waals surface area contributed by atoms with E-state index in [1.165, 1.54) is 5.56 Å². The van der Waals surface area contributed by atoms with Gasteiger partial charge in [-0.25, -0.2) is 9.97 Å². The molecule has 6 nitrogen and oxygen atoms in total.